The van der Waals surface area contributed by atoms with E-state index in [1.54, 1.807) is 40.7 Å². The van der Waals surface area contributed by atoms with Crippen molar-refractivity contribution in [1.29, 1.82) is 0 Å². The second-order valence-electron chi connectivity index (χ2n) is 12.7. The van der Waals surface area contributed by atoms with Crippen LogP contribution in [0.2, 0.25) is 0 Å². The molecule has 0 spiro atoms. The maximum atomic E-state index is 14.1. The van der Waals surface area contributed by atoms with Gasteiger partial charge in [0.2, 0.25) is 0 Å². The number of hydrogen-bond donors (Lipinski definition) is 0. The molecule has 43 heavy (non-hydrogen) atoms. The molecule has 0 bridgehead atoms. The number of carbonyl (C=O) groups is 1. The molecule has 1 aliphatic rings. The quantitative estimate of drug-likeness (QED) is 0.224. The van der Waals surface area contributed by atoms with Crippen LogP contribution < -0.4 is 4.74 Å². The Morgan fingerprint density at radius 2 is 1.74 bits per heavy atom. The lowest BCUT2D eigenvalue weighted by molar-refractivity contribution is -0.138. The van der Waals surface area contributed by atoms with E-state index in [1.165, 1.54) is 39.6 Å². The fraction of sp³-hybridized carbons (Fsp3) is 0.515. The van der Waals surface area contributed by atoms with Gasteiger partial charge < -0.3 is 14.2 Å². The summed E-state index contributed by atoms with van der Waals surface area (Å²) >= 11 is 1.22. The molecule has 4 rings (SSSR count). The number of alkyl halides is 3. The lowest BCUT2D eigenvalue weighted by atomic mass is 10.0. The summed E-state index contributed by atoms with van der Waals surface area (Å²) in [5.74, 6) is -0.187. The standard InChI is InChI=1S/C33H41F3N2O4S/c1-22-12-14-23(15-13-22)11-9-8-10-18-40-26-17-16-24(19-25(26)33(34,35)36)27-20-37-28(43-27)32(7)21-41-31(5,6)38(32)29(39)42-30(2,3)4/h12-17,19-20H,8-11,18,21H2,1-7H3. The minimum absolute atomic E-state index is 0.164. The second kappa shape index (κ2) is 12.5. The number of nitrogens with zero attached hydrogens (tertiary/aromatic N) is 2. The van der Waals surface area contributed by atoms with Crippen molar-refractivity contribution in [2.45, 2.75) is 97.2 Å². The van der Waals surface area contributed by atoms with Crippen LogP contribution in [-0.2, 0) is 27.6 Å². The van der Waals surface area contributed by atoms with Crippen LogP contribution in [0.1, 0.15) is 82.5 Å². The highest BCUT2D eigenvalue weighted by Crippen LogP contribution is 2.46. The number of rotatable bonds is 9. The molecule has 10 heteroatoms. The molecule has 1 amide bonds. The fourth-order valence-electron chi connectivity index (χ4n) is 5.16. The van der Waals surface area contributed by atoms with Crippen molar-refractivity contribution in [2.24, 2.45) is 0 Å². The zero-order valence-electron chi connectivity index (χ0n) is 25.9. The summed E-state index contributed by atoms with van der Waals surface area (Å²) in [5.41, 5.74) is -0.645. The molecule has 0 N–H and O–H groups in total. The summed E-state index contributed by atoms with van der Waals surface area (Å²) in [6, 6.07) is 12.5. The van der Waals surface area contributed by atoms with Crippen LogP contribution in [0.3, 0.4) is 0 Å². The minimum Gasteiger partial charge on any atom is -0.493 e. The Bertz CT molecular complexity index is 1410. The predicted molar refractivity (Wildman–Crippen MR) is 162 cm³/mol. The average molecular weight is 619 g/mol. The minimum atomic E-state index is -4.59. The van der Waals surface area contributed by atoms with Crippen LogP contribution in [-0.4, -0.2) is 40.5 Å². The molecular weight excluding hydrogens is 577 g/mol. The van der Waals surface area contributed by atoms with E-state index in [9.17, 15) is 18.0 Å². The van der Waals surface area contributed by atoms with Gasteiger partial charge in [0.15, 0.2) is 0 Å². The van der Waals surface area contributed by atoms with E-state index in [4.69, 9.17) is 14.2 Å². The number of halogens is 3. The van der Waals surface area contributed by atoms with Gasteiger partial charge in [-0.05, 0) is 103 Å². The van der Waals surface area contributed by atoms with Crippen molar-refractivity contribution in [3.8, 4) is 16.2 Å². The highest BCUT2D eigenvalue weighted by Gasteiger charge is 2.55. The van der Waals surface area contributed by atoms with Crippen LogP contribution in [0.5, 0.6) is 5.75 Å². The van der Waals surface area contributed by atoms with E-state index >= 15 is 0 Å². The smallest absolute Gasteiger partial charge is 0.419 e. The van der Waals surface area contributed by atoms with Gasteiger partial charge in [-0.2, -0.15) is 13.2 Å². The maximum absolute atomic E-state index is 14.1. The molecule has 1 atom stereocenters. The van der Waals surface area contributed by atoms with Gasteiger partial charge in [-0.15, -0.1) is 11.3 Å². The van der Waals surface area contributed by atoms with E-state index in [0.717, 1.165) is 25.3 Å². The van der Waals surface area contributed by atoms with Crippen LogP contribution in [0.4, 0.5) is 18.0 Å². The number of aryl methyl sites for hydroxylation is 2. The van der Waals surface area contributed by atoms with Gasteiger partial charge in [0, 0.05) is 6.20 Å². The van der Waals surface area contributed by atoms with Crippen molar-refractivity contribution < 1.29 is 32.2 Å². The fourth-order valence-corrected chi connectivity index (χ4v) is 6.19. The molecule has 234 valence electrons. The zero-order chi connectivity index (χ0) is 31.6. The number of benzene rings is 2. The van der Waals surface area contributed by atoms with Crippen LogP contribution in [0, 0.1) is 6.92 Å². The first-order chi connectivity index (χ1) is 20.0. The molecule has 1 aliphatic heterocycles. The van der Waals surface area contributed by atoms with Crippen LogP contribution >= 0.6 is 11.3 Å². The molecule has 1 aromatic heterocycles. The summed E-state index contributed by atoms with van der Waals surface area (Å²) in [7, 11) is 0. The molecule has 2 aromatic carbocycles. The average Bonchev–Trinajstić information content (AvgIpc) is 3.49. The molecule has 0 radical (unpaired) electrons. The first kappa shape index (κ1) is 32.8. The van der Waals surface area contributed by atoms with Crippen LogP contribution in [0.25, 0.3) is 10.4 Å². The molecule has 1 unspecified atom stereocenters. The Morgan fingerprint density at radius 1 is 1.05 bits per heavy atom. The number of thiazole rings is 1. The Balaban J connectivity index is 1.46. The summed E-state index contributed by atoms with van der Waals surface area (Å²) < 4.78 is 59.5. The predicted octanol–water partition coefficient (Wildman–Crippen LogP) is 9.15. The zero-order valence-corrected chi connectivity index (χ0v) is 26.7. The van der Waals surface area contributed by atoms with Crippen molar-refractivity contribution >= 4 is 17.4 Å². The lowest BCUT2D eigenvalue weighted by Gasteiger charge is -2.39. The number of aromatic nitrogens is 1. The van der Waals surface area contributed by atoms with E-state index < -0.39 is 34.7 Å². The first-order valence-electron chi connectivity index (χ1n) is 14.5. The summed E-state index contributed by atoms with van der Waals surface area (Å²) in [6.07, 6.45) is -0.216. The Labute approximate surface area is 256 Å². The molecule has 3 aromatic rings. The third-order valence-corrected chi connectivity index (χ3v) is 8.64. The Hall–Kier alpha value is -3.11. The number of ether oxygens (including phenoxy) is 3. The van der Waals surface area contributed by atoms with Gasteiger partial charge in [0.25, 0.3) is 0 Å². The molecule has 6 nitrogen and oxygen atoms in total. The van der Waals surface area contributed by atoms with E-state index in [2.05, 4.69) is 29.2 Å². The third kappa shape index (κ3) is 7.89. The van der Waals surface area contributed by atoms with Crippen molar-refractivity contribution in [1.82, 2.24) is 9.88 Å². The molecule has 0 aliphatic carbocycles. The van der Waals surface area contributed by atoms with Crippen LogP contribution in [0.15, 0.2) is 48.7 Å². The van der Waals surface area contributed by atoms with Gasteiger partial charge in [-0.3, -0.25) is 4.90 Å². The first-order valence-corrected chi connectivity index (χ1v) is 15.3. The molecule has 1 fully saturated rings. The third-order valence-electron chi connectivity index (χ3n) is 7.34. The second-order valence-corrected chi connectivity index (χ2v) is 13.7. The van der Waals surface area contributed by atoms with Crippen molar-refractivity contribution in [3.05, 3.63) is 70.4 Å². The van der Waals surface area contributed by atoms with Gasteiger partial charge in [0.05, 0.1) is 23.7 Å². The van der Waals surface area contributed by atoms with E-state index in [1.807, 2.05) is 13.8 Å². The highest BCUT2D eigenvalue weighted by molar-refractivity contribution is 7.15. The summed E-state index contributed by atoms with van der Waals surface area (Å²) in [6.45, 7) is 13.1. The van der Waals surface area contributed by atoms with E-state index in [-0.39, 0.29) is 19.0 Å². The summed E-state index contributed by atoms with van der Waals surface area (Å²) in [5, 5.41) is 0.540. The van der Waals surface area contributed by atoms with Gasteiger partial charge in [-0.1, -0.05) is 29.8 Å². The summed E-state index contributed by atoms with van der Waals surface area (Å²) in [4.78, 5) is 19.8. The lowest BCUT2D eigenvalue weighted by Crippen LogP contribution is -2.53. The maximum Gasteiger partial charge on any atom is 0.419 e. The number of carbonyl (C=O) groups excluding carboxylic acids is 1. The van der Waals surface area contributed by atoms with Crippen molar-refractivity contribution in [3.63, 3.8) is 0 Å². The molecule has 0 saturated carbocycles. The molecular formula is C33H41F3N2O4S. The number of unbranched alkanes of at least 4 members (excludes halogenated alkanes) is 2. The largest absolute Gasteiger partial charge is 0.493 e. The van der Waals surface area contributed by atoms with Crippen molar-refractivity contribution in [2.75, 3.05) is 13.2 Å². The molecule has 2 heterocycles. The monoisotopic (exact) mass is 618 g/mol. The Morgan fingerprint density at radius 3 is 2.40 bits per heavy atom. The van der Waals surface area contributed by atoms with Gasteiger partial charge in [-0.25, -0.2) is 9.78 Å². The topological polar surface area (TPSA) is 60.9 Å². The number of hydrogen-bond acceptors (Lipinski definition) is 6. The van der Waals surface area contributed by atoms with Gasteiger partial charge >= 0.3 is 12.3 Å². The number of amides is 1. The normalized spacial score (nSPS) is 18.6. The molecule has 1 saturated heterocycles. The SMILES string of the molecule is Cc1ccc(CCCCCOc2ccc(-c3cnc(C4(C)COC(C)(C)N4C(=O)OC(C)(C)C)s3)cc2C(F)(F)F)cc1. The van der Waals surface area contributed by atoms with E-state index in [0.29, 0.717) is 21.9 Å². The Kier molecular flexibility index (Phi) is 9.52. The van der Waals surface area contributed by atoms with Gasteiger partial charge in [0.1, 0.15) is 27.6 Å². The highest BCUT2D eigenvalue weighted by atomic mass is 32.1.